The van der Waals surface area contributed by atoms with Crippen molar-refractivity contribution in [3.8, 4) is 0 Å². The van der Waals surface area contributed by atoms with Gasteiger partial charge in [0.2, 0.25) is 5.91 Å². The van der Waals surface area contributed by atoms with Crippen molar-refractivity contribution < 1.29 is 4.79 Å². The summed E-state index contributed by atoms with van der Waals surface area (Å²) in [6.45, 7) is 0.714. The second kappa shape index (κ2) is 5.13. The molecule has 16 heavy (non-hydrogen) atoms. The fourth-order valence-electron chi connectivity index (χ4n) is 2.97. The van der Waals surface area contributed by atoms with Crippen molar-refractivity contribution in [1.82, 2.24) is 5.32 Å². The second-order valence-electron chi connectivity index (χ2n) is 5.00. The van der Waals surface area contributed by atoms with E-state index in [2.05, 4.69) is 5.32 Å². The normalized spacial score (nSPS) is 31.6. The lowest BCUT2D eigenvalue weighted by Gasteiger charge is -2.04. The van der Waals surface area contributed by atoms with Crippen LogP contribution < -0.4 is 11.1 Å². The van der Waals surface area contributed by atoms with E-state index in [4.69, 9.17) is 18.0 Å². The van der Waals surface area contributed by atoms with Gasteiger partial charge in [-0.2, -0.15) is 0 Å². The average Bonchev–Trinajstić information content (AvgIpc) is 2.98. The van der Waals surface area contributed by atoms with Gasteiger partial charge < -0.3 is 11.1 Å². The molecule has 0 saturated heterocycles. The van der Waals surface area contributed by atoms with Crippen LogP contribution >= 0.6 is 12.2 Å². The minimum absolute atomic E-state index is 0.264. The highest BCUT2D eigenvalue weighted by atomic mass is 32.1. The molecular weight excluding hydrogens is 220 g/mol. The maximum absolute atomic E-state index is 11.8. The van der Waals surface area contributed by atoms with Crippen molar-refractivity contribution in [2.24, 2.45) is 23.5 Å². The van der Waals surface area contributed by atoms with Crippen molar-refractivity contribution >= 4 is 23.1 Å². The molecule has 4 heteroatoms. The number of thiocarbonyl (C=S) groups is 1. The summed E-state index contributed by atoms with van der Waals surface area (Å²) >= 11 is 4.79. The van der Waals surface area contributed by atoms with Crippen molar-refractivity contribution in [2.45, 2.75) is 38.5 Å². The Hall–Kier alpha value is -0.640. The van der Waals surface area contributed by atoms with Gasteiger partial charge in [0, 0.05) is 12.5 Å². The van der Waals surface area contributed by atoms with Crippen molar-refractivity contribution in [1.29, 1.82) is 0 Å². The molecule has 2 unspecified atom stereocenters. The lowest BCUT2D eigenvalue weighted by atomic mass is 10.0. The zero-order valence-corrected chi connectivity index (χ0v) is 10.4. The molecule has 2 aliphatic rings. The molecule has 0 spiro atoms. The number of nitrogens with one attached hydrogen (secondary N) is 1. The summed E-state index contributed by atoms with van der Waals surface area (Å²) in [4.78, 5) is 12.4. The van der Waals surface area contributed by atoms with Crippen LogP contribution in [-0.4, -0.2) is 17.4 Å². The summed E-state index contributed by atoms with van der Waals surface area (Å²) in [6.07, 6.45) is 6.74. The molecule has 0 heterocycles. The first kappa shape index (κ1) is 11.8. The molecule has 0 aliphatic heterocycles. The molecule has 3 nitrogen and oxygen atoms in total. The van der Waals surface area contributed by atoms with Gasteiger partial charge >= 0.3 is 0 Å². The number of carbonyl (C=O) groups excluding carboxylic acids is 1. The predicted octanol–water partition coefficient (Wildman–Crippen LogP) is 1.61. The second-order valence-corrected chi connectivity index (χ2v) is 5.52. The fourth-order valence-corrected chi connectivity index (χ4v) is 3.12. The molecule has 90 valence electrons. The molecular formula is C12H20N2OS. The minimum atomic E-state index is 0.264. The van der Waals surface area contributed by atoms with Crippen LogP contribution in [0.3, 0.4) is 0 Å². The van der Waals surface area contributed by atoms with Gasteiger partial charge in [0.05, 0.1) is 4.99 Å². The van der Waals surface area contributed by atoms with Crippen molar-refractivity contribution in [3.63, 3.8) is 0 Å². The number of nitrogens with two attached hydrogens (primary N) is 1. The van der Waals surface area contributed by atoms with Gasteiger partial charge in [0.15, 0.2) is 0 Å². The molecule has 1 amide bonds. The summed E-state index contributed by atoms with van der Waals surface area (Å²) in [7, 11) is 0. The third-order valence-electron chi connectivity index (χ3n) is 3.86. The summed E-state index contributed by atoms with van der Waals surface area (Å²) in [5, 5.41) is 3.00. The Morgan fingerprint density at radius 3 is 2.50 bits per heavy atom. The summed E-state index contributed by atoms with van der Waals surface area (Å²) in [5.74, 6) is 1.99. The number of hydrogen-bond acceptors (Lipinski definition) is 2. The Balaban J connectivity index is 1.64. The van der Waals surface area contributed by atoms with Crippen molar-refractivity contribution in [2.75, 3.05) is 6.54 Å². The van der Waals surface area contributed by atoms with E-state index in [0.717, 1.165) is 12.8 Å². The quantitative estimate of drug-likeness (QED) is 0.567. The Labute approximate surface area is 102 Å². The Kier molecular flexibility index (Phi) is 3.79. The zero-order chi connectivity index (χ0) is 11.5. The van der Waals surface area contributed by atoms with Crippen LogP contribution in [0.15, 0.2) is 0 Å². The SMILES string of the molecule is NC(=S)CCCNC(=O)C1C2CCCCC21. The van der Waals surface area contributed by atoms with Crippen LogP contribution in [-0.2, 0) is 4.79 Å². The molecule has 2 aliphatic carbocycles. The van der Waals surface area contributed by atoms with Gasteiger partial charge in [-0.3, -0.25) is 4.79 Å². The number of rotatable bonds is 5. The van der Waals surface area contributed by atoms with Gasteiger partial charge in [0.1, 0.15) is 0 Å². The molecule has 2 fully saturated rings. The Morgan fingerprint density at radius 1 is 1.31 bits per heavy atom. The van der Waals surface area contributed by atoms with Crippen LogP contribution in [0.5, 0.6) is 0 Å². The minimum Gasteiger partial charge on any atom is -0.393 e. The third-order valence-corrected chi connectivity index (χ3v) is 4.06. The highest BCUT2D eigenvalue weighted by molar-refractivity contribution is 7.80. The lowest BCUT2D eigenvalue weighted by molar-refractivity contribution is -0.122. The molecule has 0 aromatic carbocycles. The van der Waals surface area contributed by atoms with E-state index in [1.54, 1.807) is 0 Å². The molecule has 0 aromatic heterocycles. The van der Waals surface area contributed by atoms with Gasteiger partial charge in [-0.1, -0.05) is 25.1 Å². The van der Waals surface area contributed by atoms with Gasteiger partial charge in [-0.05, 0) is 37.5 Å². The monoisotopic (exact) mass is 240 g/mol. The van der Waals surface area contributed by atoms with Crippen LogP contribution in [0, 0.1) is 17.8 Å². The largest absolute Gasteiger partial charge is 0.393 e. The van der Waals surface area contributed by atoms with E-state index in [0.29, 0.717) is 29.3 Å². The molecule has 2 saturated carbocycles. The maximum Gasteiger partial charge on any atom is 0.223 e. The molecule has 0 bridgehead atoms. The fraction of sp³-hybridized carbons (Fsp3) is 0.833. The molecule has 0 aromatic rings. The average molecular weight is 240 g/mol. The standard InChI is InChI=1S/C12H20N2OS/c13-10(16)6-3-7-14-12(15)11-8-4-1-2-5-9(8)11/h8-9,11H,1-7H2,(H2,13,16)(H,14,15). The first-order chi connectivity index (χ1) is 7.70. The van der Waals surface area contributed by atoms with E-state index >= 15 is 0 Å². The van der Waals surface area contributed by atoms with Crippen LogP contribution in [0.4, 0.5) is 0 Å². The van der Waals surface area contributed by atoms with E-state index < -0.39 is 0 Å². The molecule has 2 rings (SSSR count). The lowest BCUT2D eigenvalue weighted by Crippen LogP contribution is -2.27. The Morgan fingerprint density at radius 2 is 1.94 bits per heavy atom. The number of carbonyl (C=O) groups is 1. The Bertz CT molecular complexity index is 281. The van der Waals surface area contributed by atoms with Gasteiger partial charge in [-0.15, -0.1) is 0 Å². The van der Waals surface area contributed by atoms with Crippen LogP contribution in [0.1, 0.15) is 38.5 Å². The maximum atomic E-state index is 11.8. The number of hydrogen-bond donors (Lipinski definition) is 2. The van der Waals surface area contributed by atoms with Crippen molar-refractivity contribution in [3.05, 3.63) is 0 Å². The van der Waals surface area contributed by atoms with Crippen LogP contribution in [0.25, 0.3) is 0 Å². The van der Waals surface area contributed by atoms with Gasteiger partial charge in [0.25, 0.3) is 0 Å². The number of fused-ring (bicyclic) bond motifs is 1. The number of amides is 1. The zero-order valence-electron chi connectivity index (χ0n) is 9.58. The van der Waals surface area contributed by atoms with Gasteiger partial charge in [-0.25, -0.2) is 0 Å². The summed E-state index contributed by atoms with van der Waals surface area (Å²) in [5.41, 5.74) is 5.40. The predicted molar refractivity (Wildman–Crippen MR) is 68.0 cm³/mol. The first-order valence-electron chi connectivity index (χ1n) is 6.26. The highest BCUT2D eigenvalue weighted by Gasteiger charge is 2.54. The van der Waals surface area contributed by atoms with E-state index in [-0.39, 0.29) is 5.91 Å². The smallest absolute Gasteiger partial charge is 0.223 e. The van der Waals surface area contributed by atoms with E-state index in [9.17, 15) is 4.79 Å². The van der Waals surface area contributed by atoms with E-state index in [1.807, 2.05) is 0 Å². The highest BCUT2D eigenvalue weighted by Crippen LogP contribution is 2.55. The molecule has 3 N–H and O–H groups in total. The van der Waals surface area contributed by atoms with Crippen LogP contribution in [0.2, 0.25) is 0 Å². The van der Waals surface area contributed by atoms with E-state index in [1.165, 1.54) is 25.7 Å². The first-order valence-corrected chi connectivity index (χ1v) is 6.67. The molecule has 2 atom stereocenters. The molecule has 0 radical (unpaired) electrons. The summed E-state index contributed by atoms with van der Waals surface area (Å²) in [6, 6.07) is 0. The topological polar surface area (TPSA) is 55.1 Å². The summed E-state index contributed by atoms with van der Waals surface area (Å²) < 4.78 is 0. The third kappa shape index (κ3) is 2.73.